The molecule has 1 rings (SSSR count). The van der Waals surface area contributed by atoms with Gasteiger partial charge in [-0.3, -0.25) is 0 Å². The Labute approximate surface area is 71.3 Å². The molecule has 2 nitrogen and oxygen atoms in total. The normalized spacial score (nSPS) is 9.67. The lowest BCUT2D eigenvalue weighted by Crippen LogP contribution is -2.02. The maximum atomic E-state index is 13.2. The van der Waals surface area contributed by atoms with Crippen molar-refractivity contribution in [3.05, 3.63) is 29.1 Å². The van der Waals surface area contributed by atoms with Crippen LogP contribution < -0.4 is 4.65 Å². The van der Waals surface area contributed by atoms with E-state index in [1.165, 1.54) is 0 Å². The summed E-state index contributed by atoms with van der Waals surface area (Å²) in [5, 5.41) is 8.46. The molecule has 0 amide bonds. The first-order chi connectivity index (χ1) is 5.66. The van der Waals surface area contributed by atoms with Crippen LogP contribution in [0.5, 0.6) is 5.75 Å². The zero-order valence-corrected chi connectivity index (χ0v) is 7.10. The molecule has 64 valence electrons. The molecule has 0 spiro atoms. The van der Waals surface area contributed by atoms with Crippen molar-refractivity contribution in [1.29, 1.82) is 0 Å². The molecule has 1 aromatic carbocycles. The van der Waals surface area contributed by atoms with Crippen LogP contribution in [0.1, 0.15) is 11.1 Å². The summed E-state index contributed by atoms with van der Waals surface area (Å²) in [4.78, 5) is 0. The van der Waals surface area contributed by atoms with E-state index >= 15 is 0 Å². The molecule has 1 N–H and O–H groups in total. The Balaban J connectivity index is 3.08. The van der Waals surface area contributed by atoms with Gasteiger partial charge in [0.25, 0.3) is 0 Å². The predicted octanol–water partition coefficient (Wildman–Crippen LogP) is 1.08. The van der Waals surface area contributed by atoms with Gasteiger partial charge in [-0.05, 0) is 25.5 Å². The van der Waals surface area contributed by atoms with Gasteiger partial charge >= 0.3 is 7.69 Å². The van der Waals surface area contributed by atoms with Gasteiger partial charge in [0, 0.05) is 5.56 Å². The van der Waals surface area contributed by atoms with Crippen LogP contribution >= 0.6 is 0 Å². The Bertz CT molecular complexity index is 289. The minimum atomic E-state index is -0.427. The third kappa shape index (κ3) is 1.59. The summed E-state index contributed by atoms with van der Waals surface area (Å²) in [6.45, 7) is 3.30. The molecule has 0 aliphatic rings. The standard InChI is InChI=1S/C8H10BFO2/c1-5-3-4-7(12-9-11)6(2)8(5)10/h3-4,9,11H,1-2H3. The van der Waals surface area contributed by atoms with Gasteiger partial charge < -0.3 is 9.68 Å². The van der Waals surface area contributed by atoms with Crippen molar-refractivity contribution in [2.75, 3.05) is 0 Å². The Kier molecular flexibility index (Phi) is 2.71. The summed E-state index contributed by atoms with van der Waals surface area (Å²) in [5.74, 6) is 0.113. The van der Waals surface area contributed by atoms with Gasteiger partial charge in [-0.15, -0.1) is 0 Å². The summed E-state index contributed by atoms with van der Waals surface area (Å²) < 4.78 is 17.9. The molecule has 0 saturated heterocycles. The van der Waals surface area contributed by atoms with Crippen molar-refractivity contribution in [2.45, 2.75) is 13.8 Å². The molecule has 12 heavy (non-hydrogen) atoms. The van der Waals surface area contributed by atoms with E-state index in [-0.39, 0.29) is 5.82 Å². The van der Waals surface area contributed by atoms with Gasteiger partial charge in [0.05, 0.1) is 0 Å². The Morgan fingerprint density at radius 2 is 2.08 bits per heavy atom. The molecule has 0 heterocycles. The van der Waals surface area contributed by atoms with Crippen LogP contribution in [-0.2, 0) is 0 Å². The lowest BCUT2D eigenvalue weighted by molar-refractivity contribution is 0.448. The zero-order valence-electron chi connectivity index (χ0n) is 7.10. The fraction of sp³-hybridized carbons (Fsp3) is 0.250. The van der Waals surface area contributed by atoms with Crippen LogP contribution in [-0.4, -0.2) is 12.7 Å². The van der Waals surface area contributed by atoms with Crippen LogP contribution in [0.25, 0.3) is 0 Å². The average Bonchev–Trinajstić information content (AvgIpc) is 2.07. The smallest absolute Gasteiger partial charge is 0.504 e. The molecule has 0 radical (unpaired) electrons. The van der Waals surface area contributed by atoms with Crippen LogP contribution in [0.3, 0.4) is 0 Å². The van der Waals surface area contributed by atoms with Gasteiger partial charge in [-0.1, -0.05) is 6.07 Å². The fourth-order valence-corrected chi connectivity index (χ4v) is 1.03. The molecule has 0 fully saturated rings. The van der Waals surface area contributed by atoms with Crippen molar-refractivity contribution in [3.8, 4) is 5.75 Å². The monoisotopic (exact) mass is 168 g/mol. The summed E-state index contributed by atoms with van der Waals surface area (Å²) in [5.41, 5.74) is 1.02. The highest BCUT2D eigenvalue weighted by atomic mass is 19.1. The topological polar surface area (TPSA) is 29.5 Å². The van der Waals surface area contributed by atoms with E-state index in [4.69, 9.17) is 9.68 Å². The summed E-state index contributed by atoms with van der Waals surface area (Å²) in [6, 6.07) is 3.26. The van der Waals surface area contributed by atoms with E-state index in [2.05, 4.69) is 0 Å². The lowest BCUT2D eigenvalue weighted by atomic mass is 10.1. The van der Waals surface area contributed by atoms with Crippen LogP contribution in [0, 0.1) is 19.7 Å². The third-order valence-corrected chi connectivity index (χ3v) is 1.75. The van der Waals surface area contributed by atoms with Crippen molar-refractivity contribution in [1.82, 2.24) is 0 Å². The molecular formula is C8H10BFO2. The van der Waals surface area contributed by atoms with E-state index in [1.54, 1.807) is 26.0 Å². The van der Waals surface area contributed by atoms with Crippen molar-refractivity contribution < 1.29 is 14.1 Å². The zero-order chi connectivity index (χ0) is 9.14. The molecule has 0 saturated carbocycles. The van der Waals surface area contributed by atoms with Gasteiger partial charge in [0.1, 0.15) is 11.6 Å². The first-order valence-corrected chi connectivity index (χ1v) is 3.66. The molecule has 0 aromatic heterocycles. The van der Waals surface area contributed by atoms with Gasteiger partial charge in [-0.2, -0.15) is 0 Å². The fourth-order valence-electron chi connectivity index (χ4n) is 1.03. The average molecular weight is 168 g/mol. The molecule has 4 heteroatoms. The number of hydrogen-bond donors (Lipinski definition) is 1. The maximum Gasteiger partial charge on any atom is 0.504 e. The SMILES string of the molecule is Cc1ccc(OBO)c(C)c1F. The summed E-state index contributed by atoms with van der Waals surface area (Å²) in [7, 11) is -0.427. The predicted molar refractivity (Wildman–Crippen MR) is 45.9 cm³/mol. The molecular weight excluding hydrogens is 158 g/mol. The second kappa shape index (κ2) is 3.58. The number of hydrogen-bond acceptors (Lipinski definition) is 2. The molecule has 0 unspecified atom stereocenters. The molecule has 0 aliphatic heterocycles. The van der Waals surface area contributed by atoms with Crippen molar-refractivity contribution >= 4 is 7.69 Å². The molecule has 1 aromatic rings. The first-order valence-electron chi connectivity index (χ1n) is 3.66. The highest BCUT2D eigenvalue weighted by molar-refractivity contribution is 6.17. The number of aryl methyl sites for hydroxylation is 1. The van der Waals surface area contributed by atoms with Crippen LogP contribution in [0.2, 0.25) is 0 Å². The first kappa shape index (κ1) is 9.07. The van der Waals surface area contributed by atoms with E-state index in [9.17, 15) is 4.39 Å². The molecule has 0 bridgehead atoms. The van der Waals surface area contributed by atoms with Crippen molar-refractivity contribution in [2.24, 2.45) is 0 Å². The van der Waals surface area contributed by atoms with Gasteiger partial charge in [-0.25, -0.2) is 4.39 Å². The van der Waals surface area contributed by atoms with Crippen LogP contribution in [0.15, 0.2) is 12.1 Å². The number of rotatable bonds is 2. The second-order valence-electron chi connectivity index (χ2n) is 2.59. The Morgan fingerprint density at radius 3 is 2.67 bits per heavy atom. The minimum absolute atomic E-state index is 0.277. The quantitative estimate of drug-likeness (QED) is 0.669. The second-order valence-corrected chi connectivity index (χ2v) is 2.59. The lowest BCUT2D eigenvalue weighted by Gasteiger charge is -2.07. The summed E-state index contributed by atoms with van der Waals surface area (Å²) in [6.07, 6.45) is 0. The van der Waals surface area contributed by atoms with E-state index in [0.29, 0.717) is 16.9 Å². The molecule has 0 aliphatic carbocycles. The largest absolute Gasteiger partial charge is 0.539 e. The van der Waals surface area contributed by atoms with Crippen molar-refractivity contribution in [3.63, 3.8) is 0 Å². The Morgan fingerprint density at radius 1 is 1.42 bits per heavy atom. The number of halogens is 1. The summed E-state index contributed by atoms with van der Waals surface area (Å²) >= 11 is 0. The maximum absolute atomic E-state index is 13.2. The number of benzene rings is 1. The minimum Gasteiger partial charge on any atom is -0.539 e. The highest BCUT2D eigenvalue weighted by Crippen LogP contribution is 2.22. The van der Waals surface area contributed by atoms with E-state index in [0.717, 1.165) is 0 Å². The van der Waals surface area contributed by atoms with E-state index in [1.807, 2.05) is 0 Å². The van der Waals surface area contributed by atoms with Gasteiger partial charge in [0.15, 0.2) is 0 Å². The third-order valence-electron chi connectivity index (χ3n) is 1.75. The van der Waals surface area contributed by atoms with Crippen LogP contribution in [0.4, 0.5) is 4.39 Å². The van der Waals surface area contributed by atoms with E-state index < -0.39 is 7.69 Å². The Hall–Kier alpha value is -1.03. The highest BCUT2D eigenvalue weighted by Gasteiger charge is 2.06. The molecule has 0 atom stereocenters. The van der Waals surface area contributed by atoms with Gasteiger partial charge in [0.2, 0.25) is 0 Å².